The van der Waals surface area contributed by atoms with Gasteiger partial charge in [-0.05, 0) is 18.2 Å². The van der Waals surface area contributed by atoms with Gasteiger partial charge in [0, 0.05) is 0 Å². The van der Waals surface area contributed by atoms with Crippen LogP contribution in [0, 0.1) is 0 Å². The summed E-state index contributed by atoms with van der Waals surface area (Å²) in [6.45, 7) is 1.76. The van der Waals surface area contributed by atoms with Crippen LogP contribution in [0.25, 0.3) is 0 Å². The van der Waals surface area contributed by atoms with E-state index in [9.17, 15) is 9.59 Å². The summed E-state index contributed by atoms with van der Waals surface area (Å²) in [5.74, 6) is -0.397. The molecule has 3 nitrogen and oxygen atoms in total. The molecular weight excluding hydrogens is 174 g/mol. The molecule has 0 aromatic heterocycles. The van der Waals surface area contributed by atoms with Gasteiger partial charge in [0.1, 0.15) is 0 Å². The molecule has 0 spiro atoms. The Hall–Kier alpha value is -0.220. The quantitative estimate of drug-likeness (QED) is 0.618. The number of halogens is 1. The fraction of sp³-hybridized carbons (Fsp3) is 0.600. The molecule has 5 heteroatoms. The van der Waals surface area contributed by atoms with E-state index >= 15 is 0 Å². The van der Waals surface area contributed by atoms with Crippen molar-refractivity contribution < 1.29 is 9.59 Å². The second-order valence-electron chi connectivity index (χ2n) is 1.93. The van der Waals surface area contributed by atoms with Crippen LogP contribution >= 0.6 is 23.4 Å². The fourth-order valence-electron chi connectivity index (χ4n) is 0.638. The van der Waals surface area contributed by atoms with Gasteiger partial charge < -0.3 is 0 Å². The highest BCUT2D eigenvalue weighted by molar-refractivity contribution is 8.17. The zero-order valence-electron chi connectivity index (χ0n) is 5.31. The van der Waals surface area contributed by atoms with Gasteiger partial charge in [0.2, 0.25) is 0 Å². The van der Waals surface area contributed by atoms with Gasteiger partial charge in [0.25, 0.3) is 11.1 Å². The van der Waals surface area contributed by atoms with E-state index in [4.69, 9.17) is 11.6 Å². The lowest BCUT2D eigenvalue weighted by molar-refractivity contribution is -0.119. The normalized spacial score (nSPS) is 32.6. The van der Waals surface area contributed by atoms with E-state index in [2.05, 4.69) is 5.32 Å². The van der Waals surface area contributed by atoms with Crippen LogP contribution in [0.4, 0.5) is 4.79 Å². The van der Waals surface area contributed by atoms with Gasteiger partial charge in [-0.2, -0.15) is 0 Å². The summed E-state index contributed by atoms with van der Waals surface area (Å²) < 4.78 is -1.04. The highest BCUT2D eigenvalue weighted by Crippen LogP contribution is 2.38. The first kappa shape index (κ1) is 7.88. The molecule has 0 aliphatic carbocycles. The SMILES string of the molecule is CCC1(Cl)SC(=O)NC1=O. The van der Waals surface area contributed by atoms with E-state index in [1.54, 1.807) is 6.92 Å². The maximum atomic E-state index is 10.9. The Labute approximate surface area is 67.5 Å². The second-order valence-corrected chi connectivity index (χ2v) is 4.07. The molecule has 1 heterocycles. The number of imide groups is 1. The maximum Gasteiger partial charge on any atom is 0.287 e. The topological polar surface area (TPSA) is 46.2 Å². The Balaban J connectivity index is 2.80. The number of nitrogens with one attached hydrogen (secondary N) is 1. The fourth-order valence-corrected chi connectivity index (χ4v) is 1.62. The molecule has 56 valence electrons. The van der Waals surface area contributed by atoms with E-state index in [-0.39, 0.29) is 5.24 Å². The summed E-state index contributed by atoms with van der Waals surface area (Å²) >= 11 is 6.57. The van der Waals surface area contributed by atoms with Crippen molar-refractivity contribution in [1.29, 1.82) is 0 Å². The van der Waals surface area contributed by atoms with Gasteiger partial charge in [0.05, 0.1) is 0 Å². The van der Waals surface area contributed by atoms with Gasteiger partial charge >= 0.3 is 0 Å². The van der Waals surface area contributed by atoms with Crippen molar-refractivity contribution in [3.8, 4) is 0 Å². The first-order valence-corrected chi connectivity index (χ1v) is 4.01. The minimum Gasteiger partial charge on any atom is -0.285 e. The van der Waals surface area contributed by atoms with Crippen LogP contribution in [0.1, 0.15) is 13.3 Å². The molecule has 1 fully saturated rings. The van der Waals surface area contributed by atoms with Crippen LogP contribution in [0.5, 0.6) is 0 Å². The average molecular weight is 180 g/mol. The zero-order valence-corrected chi connectivity index (χ0v) is 6.88. The number of rotatable bonds is 1. The summed E-state index contributed by atoms with van der Waals surface area (Å²) in [5, 5.41) is 1.75. The van der Waals surface area contributed by atoms with Gasteiger partial charge in [-0.1, -0.05) is 18.5 Å². The molecule has 1 saturated heterocycles. The van der Waals surface area contributed by atoms with Crippen molar-refractivity contribution in [2.24, 2.45) is 0 Å². The minimum absolute atomic E-state index is 0.359. The lowest BCUT2D eigenvalue weighted by Crippen LogP contribution is -2.30. The third kappa shape index (κ3) is 1.13. The van der Waals surface area contributed by atoms with E-state index in [1.165, 1.54) is 0 Å². The molecule has 1 unspecified atom stereocenters. The maximum absolute atomic E-state index is 10.9. The summed E-state index contributed by atoms with van der Waals surface area (Å²) in [6.07, 6.45) is 0.455. The Morgan fingerprint density at radius 1 is 1.70 bits per heavy atom. The molecule has 0 aromatic carbocycles. The van der Waals surface area contributed by atoms with Crippen molar-refractivity contribution >= 4 is 34.5 Å². The number of carbonyl (C=O) groups excluding carboxylic acids is 2. The standard InChI is InChI=1S/C5H6ClNO2S/c1-2-5(6)3(8)7-4(9)10-5/h2H2,1H3,(H,7,8,9). The summed E-state index contributed by atoms with van der Waals surface area (Å²) in [4.78, 5) is 21.4. The lowest BCUT2D eigenvalue weighted by atomic mass is 10.3. The van der Waals surface area contributed by atoms with Crippen LogP contribution in [-0.2, 0) is 4.79 Å². The Morgan fingerprint density at radius 3 is 2.50 bits per heavy atom. The molecule has 1 aliphatic rings. The molecule has 0 saturated carbocycles. The Kier molecular flexibility index (Phi) is 1.92. The Morgan fingerprint density at radius 2 is 2.30 bits per heavy atom. The van der Waals surface area contributed by atoms with E-state index in [0.29, 0.717) is 6.42 Å². The smallest absolute Gasteiger partial charge is 0.285 e. The van der Waals surface area contributed by atoms with Gasteiger partial charge in [-0.3, -0.25) is 14.9 Å². The third-order valence-electron chi connectivity index (χ3n) is 1.26. The highest BCUT2D eigenvalue weighted by atomic mass is 35.5. The highest BCUT2D eigenvalue weighted by Gasteiger charge is 2.44. The van der Waals surface area contributed by atoms with Crippen molar-refractivity contribution in [1.82, 2.24) is 5.32 Å². The molecule has 0 bridgehead atoms. The molecule has 10 heavy (non-hydrogen) atoms. The van der Waals surface area contributed by atoms with Gasteiger partial charge in [0.15, 0.2) is 4.21 Å². The molecule has 1 rings (SSSR count). The zero-order chi connectivity index (χ0) is 7.78. The lowest BCUT2D eigenvalue weighted by Gasteiger charge is -2.10. The van der Waals surface area contributed by atoms with Crippen LogP contribution in [0.3, 0.4) is 0 Å². The monoisotopic (exact) mass is 179 g/mol. The molecule has 0 radical (unpaired) electrons. The van der Waals surface area contributed by atoms with Crippen LogP contribution < -0.4 is 5.32 Å². The number of thioether (sulfide) groups is 1. The number of hydrogen-bond acceptors (Lipinski definition) is 3. The van der Waals surface area contributed by atoms with E-state index in [1.807, 2.05) is 0 Å². The van der Waals surface area contributed by atoms with Gasteiger partial charge in [-0.25, -0.2) is 0 Å². The second kappa shape index (κ2) is 2.43. The number of carbonyl (C=O) groups is 2. The van der Waals surface area contributed by atoms with Crippen molar-refractivity contribution in [3.05, 3.63) is 0 Å². The molecular formula is C5H6ClNO2S. The molecule has 1 N–H and O–H groups in total. The number of hydrogen-bond donors (Lipinski definition) is 1. The molecule has 0 aromatic rings. The third-order valence-corrected chi connectivity index (χ3v) is 3.02. The van der Waals surface area contributed by atoms with Crippen LogP contribution in [0.2, 0.25) is 0 Å². The number of alkyl halides is 1. The first-order valence-electron chi connectivity index (χ1n) is 2.82. The summed E-state index contributed by atoms with van der Waals surface area (Å²) in [6, 6.07) is 0. The van der Waals surface area contributed by atoms with Gasteiger partial charge in [-0.15, -0.1) is 0 Å². The predicted octanol–water partition coefficient (Wildman–Crippen LogP) is 1.31. The van der Waals surface area contributed by atoms with Crippen molar-refractivity contribution in [2.45, 2.75) is 17.6 Å². The largest absolute Gasteiger partial charge is 0.287 e. The van der Waals surface area contributed by atoms with E-state index in [0.717, 1.165) is 11.8 Å². The number of amides is 2. The average Bonchev–Trinajstić information content (AvgIpc) is 2.09. The van der Waals surface area contributed by atoms with Crippen LogP contribution in [0.15, 0.2) is 0 Å². The predicted molar refractivity (Wildman–Crippen MR) is 40.0 cm³/mol. The summed E-state index contributed by atoms with van der Waals surface area (Å²) in [5.41, 5.74) is 0. The molecule has 1 aliphatic heterocycles. The first-order chi connectivity index (χ1) is 4.58. The van der Waals surface area contributed by atoms with Crippen molar-refractivity contribution in [3.63, 3.8) is 0 Å². The minimum atomic E-state index is -1.04. The van der Waals surface area contributed by atoms with E-state index < -0.39 is 10.1 Å². The Bertz CT molecular complexity index is 196. The molecule has 1 atom stereocenters. The van der Waals surface area contributed by atoms with Crippen molar-refractivity contribution in [2.75, 3.05) is 0 Å². The summed E-state index contributed by atoms with van der Waals surface area (Å²) in [7, 11) is 0. The molecule has 2 amide bonds. The van der Waals surface area contributed by atoms with Crippen LogP contribution in [-0.4, -0.2) is 15.4 Å².